The predicted molar refractivity (Wildman–Crippen MR) is 135 cm³/mol. The van der Waals surface area contributed by atoms with Gasteiger partial charge in [-0.25, -0.2) is 0 Å². The molecule has 0 saturated heterocycles. The first-order valence-corrected chi connectivity index (χ1v) is 13.2. The van der Waals surface area contributed by atoms with Gasteiger partial charge >= 0.3 is 0 Å². The minimum atomic E-state index is -0.102. The Hall–Kier alpha value is -3.21. The highest BCUT2D eigenvalue weighted by molar-refractivity contribution is 7.17. The molecule has 1 saturated carbocycles. The quantitative estimate of drug-likeness (QED) is 0.389. The highest BCUT2D eigenvalue weighted by Gasteiger charge is 2.34. The maximum absolute atomic E-state index is 13.3. The predicted octanol–water partition coefficient (Wildman–Crippen LogP) is 3.73. The molecule has 11 heteroatoms. The fourth-order valence-electron chi connectivity index (χ4n) is 4.60. The van der Waals surface area contributed by atoms with E-state index in [-0.39, 0.29) is 23.8 Å². The smallest absolute Gasteiger partial charge is 0.254 e. The van der Waals surface area contributed by atoms with Gasteiger partial charge in [0.2, 0.25) is 11.9 Å². The number of hydrogen-bond donors (Lipinski definition) is 3. The number of aryl methyl sites for hydroxylation is 3. The lowest BCUT2D eigenvalue weighted by Crippen LogP contribution is -2.28. The number of carbonyl (C=O) groups excluding carboxylic acids is 2. The fraction of sp³-hybridized carbons (Fsp3) is 0.542. The average molecular weight is 497 g/mol. The number of carbonyl (C=O) groups is 2. The third-order valence-corrected chi connectivity index (χ3v) is 7.88. The van der Waals surface area contributed by atoms with E-state index < -0.39 is 0 Å². The second-order valence-corrected chi connectivity index (χ2v) is 10.6. The molecule has 0 aromatic carbocycles. The van der Waals surface area contributed by atoms with Crippen molar-refractivity contribution in [3.05, 3.63) is 34.1 Å². The monoisotopic (exact) mass is 496 g/mol. The van der Waals surface area contributed by atoms with Crippen LogP contribution in [-0.2, 0) is 24.7 Å². The standard InChI is InChI=1S/C24H32N8O2S/c1-4-5-10-25-22(34)20-17-12-16(8-9-18(17)35-23(20)28-21(33)15-6-7-15)32-13-26-29-24(32)27-19-11-14(2)30-31(19)3/h11,13,15-16H,4-10,12H2,1-3H3,(H,25,34)(H,27,29)(H,28,33). The molecule has 1 unspecified atom stereocenters. The Labute approximate surface area is 208 Å². The third kappa shape index (κ3) is 4.95. The second-order valence-electron chi connectivity index (χ2n) is 9.46. The highest BCUT2D eigenvalue weighted by atomic mass is 32.1. The summed E-state index contributed by atoms with van der Waals surface area (Å²) in [5, 5.41) is 23.0. The van der Waals surface area contributed by atoms with Crippen LogP contribution in [-0.4, -0.2) is 42.9 Å². The first kappa shape index (κ1) is 23.5. The van der Waals surface area contributed by atoms with Crippen molar-refractivity contribution in [2.24, 2.45) is 13.0 Å². The van der Waals surface area contributed by atoms with E-state index in [0.717, 1.165) is 55.6 Å². The maximum atomic E-state index is 13.3. The van der Waals surface area contributed by atoms with E-state index >= 15 is 0 Å². The van der Waals surface area contributed by atoms with Crippen LogP contribution in [0.1, 0.15) is 71.6 Å². The molecule has 3 aromatic heterocycles. The molecule has 3 heterocycles. The van der Waals surface area contributed by atoms with Gasteiger partial charge in [-0.3, -0.25) is 18.8 Å². The molecule has 3 N–H and O–H groups in total. The third-order valence-electron chi connectivity index (χ3n) is 6.67. The second kappa shape index (κ2) is 9.80. The minimum Gasteiger partial charge on any atom is -0.352 e. The summed E-state index contributed by atoms with van der Waals surface area (Å²) in [7, 11) is 1.88. The van der Waals surface area contributed by atoms with Crippen LogP contribution in [0.3, 0.4) is 0 Å². The highest BCUT2D eigenvalue weighted by Crippen LogP contribution is 2.42. The van der Waals surface area contributed by atoms with Crippen LogP contribution < -0.4 is 16.0 Å². The summed E-state index contributed by atoms with van der Waals surface area (Å²) in [4.78, 5) is 27.0. The van der Waals surface area contributed by atoms with Gasteiger partial charge in [-0.2, -0.15) is 5.10 Å². The number of fused-ring (bicyclic) bond motifs is 1. The van der Waals surface area contributed by atoms with Crippen LogP contribution in [0.15, 0.2) is 12.4 Å². The molecule has 5 rings (SSSR count). The molecule has 35 heavy (non-hydrogen) atoms. The molecule has 0 spiro atoms. The molecule has 0 radical (unpaired) electrons. The Bertz CT molecular complexity index is 1240. The van der Waals surface area contributed by atoms with E-state index in [4.69, 9.17) is 0 Å². The van der Waals surface area contributed by atoms with Gasteiger partial charge in [0, 0.05) is 36.5 Å². The zero-order chi connectivity index (χ0) is 24.5. The molecule has 2 amide bonds. The molecule has 1 atom stereocenters. The van der Waals surface area contributed by atoms with Crippen molar-refractivity contribution in [2.45, 2.75) is 64.8 Å². The molecule has 10 nitrogen and oxygen atoms in total. The van der Waals surface area contributed by atoms with Crippen molar-refractivity contribution in [1.82, 2.24) is 29.9 Å². The SMILES string of the molecule is CCCCNC(=O)c1c(NC(=O)C2CC2)sc2c1CC(n1cnnc1Nc1cc(C)nn1C)CC2. The summed E-state index contributed by atoms with van der Waals surface area (Å²) < 4.78 is 3.82. The van der Waals surface area contributed by atoms with Crippen molar-refractivity contribution in [1.29, 1.82) is 0 Å². The molecule has 0 aliphatic heterocycles. The summed E-state index contributed by atoms with van der Waals surface area (Å²) in [6, 6.07) is 2.06. The van der Waals surface area contributed by atoms with Gasteiger partial charge in [-0.1, -0.05) is 13.3 Å². The van der Waals surface area contributed by atoms with Gasteiger partial charge in [0.1, 0.15) is 17.1 Å². The van der Waals surface area contributed by atoms with Gasteiger partial charge in [-0.15, -0.1) is 21.5 Å². The molecule has 0 bridgehead atoms. The maximum Gasteiger partial charge on any atom is 0.254 e. The minimum absolute atomic E-state index is 0.0273. The summed E-state index contributed by atoms with van der Waals surface area (Å²) in [6.45, 7) is 4.67. The number of aromatic nitrogens is 5. The fourth-order valence-corrected chi connectivity index (χ4v) is 5.84. The molecular weight excluding hydrogens is 464 g/mol. The molecule has 2 aliphatic rings. The van der Waals surface area contributed by atoms with Gasteiger partial charge in [0.25, 0.3) is 5.91 Å². The number of nitrogens with one attached hydrogen (secondary N) is 3. The van der Waals surface area contributed by atoms with E-state index in [1.165, 1.54) is 4.88 Å². The van der Waals surface area contributed by atoms with Crippen molar-refractivity contribution in [3.8, 4) is 0 Å². The zero-order valence-corrected chi connectivity index (χ0v) is 21.2. The van der Waals surface area contributed by atoms with E-state index in [9.17, 15) is 9.59 Å². The lowest BCUT2D eigenvalue weighted by atomic mass is 9.91. The van der Waals surface area contributed by atoms with E-state index in [1.54, 1.807) is 22.3 Å². The van der Waals surface area contributed by atoms with Crippen molar-refractivity contribution >= 4 is 39.9 Å². The molecule has 2 aliphatic carbocycles. The van der Waals surface area contributed by atoms with E-state index in [1.807, 2.05) is 24.6 Å². The molecule has 186 valence electrons. The topological polar surface area (TPSA) is 119 Å². The Kier molecular flexibility index (Phi) is 6.59. The van der Waals surface area contributed by atoms with E-state index in [2.05, 4.69) is 38.2 Å². The number of nitrogens with zero attached hydrogens (tertiary/aromatic N) is 5. The zero-order valence-electron chi connectivity index (χ0n) is 20.4. The molecule has 1 fully saturated rings. The number of anilines is 3. The van der Waals surface area contributed by atoms with Gasteiger partial charge < -0.3 is 16.0 Å². The first-order valence-electron chi connectivity index (χ1n) is 12.3. The van der Waals surface area contributed by atoms with Crippen LogP contribution in [0.25, 0.3) is 0 Å². The Morgan fingerprint density at radius 2 is 2.09 bits per heavy atom. The van der Waals surface area contributed by atoms with Crippen molar-refractivity contribution in [2.75, 3.05) is 17.2 Å². The number of unbranched alkanes of at least 4 members (excludes halogenated alkanes) is 1. The number of thiophene rings is 1. The Morgan fingerprint density at radius 1 is 1.26 bits per heavy atom. The Balaban J connectivity index is 1.41. The average Bonchev–Trinajstić information content (AvgIpc) is 3.36. The molecule has 3 aromatic rings. The number of rotatable bonds is 9. The lowest BCUT2D eigenvalue weighted by Gasteiger charge is -2.25. The Morgan fingerprint density at radius 3 is 2.80 bits per heavy atom. The van der Waals surface area contributed by atoms with Crippen molar-refractivity contribution in [3.63, 3.8) is 0 Å². The normalized spacial score (nSPS) is 17.2. The van der Waals surface area contributed by atoms with Gasteiger partial charge in [-0.05, 0) is 51.0 Å². The van der Waals surface area contributed by atoms with Crippen LogP contribution in [0.5, 0.6) is 0 Å². The van der Waals surface area contributed by atoms with Gasteiger partial charge in [0.05, 0.1) is 11.3 Å². The van der Waals surface area contributed by atoms with Crippen LogP contribution >= 0.6 is 11.3 Å². The lowest BCUT2D eigenvalue weighted by molar-refractivity contribution is -0.117. The van der Waals surface area contributed by atoms with Gasteiger partial charge in [0.15, 0.2) is 0 Å². The molecular formula is C24H32N8O2S. The van der Waals surface area contributed by atoms with Crippen LogP contribution in [0.2, 0.25) is 0 Å². The van der Waals surface area contributed by atoms with Crippen LogP contribution in [0, 0.1) is 12.8 Å². The summed E-state index contributed by atoms with van der Waals surface area (Å²) in [6.07, 6.45) is 7.94. The summed E-state index contributed by atoms with van der Waals surface area (Å²) in [5.41, 5.74) is 2.58. The number of amides is 2. The number of hydrogen-bond acceptors (Lipinski definition) is 7. The summed E-state index contributed by atoms with van der Waals surface area (Å²) in [5.74, 6) is 1.49. The van der Waals surface area contributed by atoms with E-state index in [0.29, 0.717) is 29.5 Å². The summed E-state index contributed by atoms with van der Waals surface area (Å²) >= 11 is 1.55. The van der Waals surface area contributed by atoms with Crippen molar-refractivity contribution < 1.29 is 9.59 Å². The van der Waals surface area contributed by atoms with Crippen LogP contribution in [0.4, 0.5) is 16.8 Å². The first-order chi connectivity index (χ1) is 16.9. The largest absolute Gasteiger partial charge is 0.352 e.